The molecule has 0 aromatic heterocycles. The number of hydrogen-bond donors (Lipinski definition) is 1. The van der Waals surface area contributed by atoms with Gasteiger partial charge in [-0.05, 0) is 17.7 Å². The molecule has 0 atom stereocenters. The molecule has 0 radical (unpaired) electrons. The summed E-state index contributed by atoms with van der Waals surface area (Å²) in [5, 5.41) is 3.29. The molecule has 2 aromatic carbocycles. The molecule has 1 N–H and O–H groups in total. The van der Waals surface area contributed by atoms with Gasteiger partial charge in [0.1, 0.15) is 0 Å². The van der Waals surface area contributed by atoms with Gasteiger partial charge >= 0.3 is 0 Å². The van der Waals surface area contributed by atoms with Crippen LogP contribution in [0.15, 0.2) is 60.7 Å². The molecule has 0 unspecified atom stereocenters. The van der Waals surface area contributed by atoms with Crippen LogP contribution in [0.4, 0.5) is 5.69 Å². The largest absolute Gasteiger partial charge is 0.358 e. The Morgan fingerprint density at radius 3 is 2.17 bits per heavy atom. The second-order valence-electron chi connectivity index (χ2n) is 5.81. The van der Waals surface area contributed by atoms with Crippen molar-refractivity contribution in [3.63, 3.8) is 0 Å². The Morgan fingerprint density at radius 2 is 1.54 bits per heavy atom. The Morgan fingerprint density at radius 1 is 0.958 bits per heavy atom. The number of rotatable bonds is 5. The first-order chi connectivity index (χ1) is 11.3. The molecule has 24 heavy (non-hydrogen) atoms. The maximum absolute atomic E-state index is 12.6. The number of anilines is 1. The minimum absolute atomic E-state index is 0. The van der Waals surface area contributed by atoms with E-state index < -0.39 is 0 Å². The molecule has 128 valence electrons. The lowest BCUT2D eigenvalue weighted by molar-refractivity contribution is -0.130. The summed E-state index contributed by atoms with van der Waals surface area (Å²) >= 11 is 0. The van der Waals surface area contributed by atoms with E-state index in [2.05, 4.69) is 34.5 Å². The van der Waals surface area contributed by atoms with E-state index in [9.17, 15) is 4.79 Å². The standard InChI is InChI=1S/C19H23N3O.ClH/c23-19(21-13-11-20-12-14-21)16-22(18-9-5-2-6-10-18)15-17-7-3-1-4-8-17;/h1-10,20H,11-16H2;1H. The van der Waals surface area contributed by atoms with Crippen molar-refractivity contribution in [1.82, 2.24) is 10.2 Å². The van der Waals surface area contributed by atoms with Crippen molar-refractivity contribution >= 4 is 24.0 Å². The Kier molecular flexibility index (Phi) is 7.09. The predicted molar refractivity (Wildman–Crippen MR) is 101 cm³/mol. The first-order valence-electron chi connectivity index (χ1n) is 8.15. The van der Waals surface area contributed by atoms with Crippen LogP contribution in [-0.2, 0) is 11.3 Å². The second-order valence-corrected chi connectivity index (χ2v) is 5.81. The fraction of sp³-hybridized carbons (Fsp3) is 0.316. The van der Waals surface area contributed by atoms with E-state index in [0.29, 0.717) is 6.54 Å². The number of nitrogens with zero attached hydrogens (tertiary/aromatic N) is 2. The number of para-hydroxylation sites is 1. The van der Waals surface area contributed by atoms with Crippen molar-refractivity contribution < 1.29 is 4.79 Å². The zero-order chi connectivity index (χ0) is 15.9. The Balaban J connectivity index is 0.00000208. The van der Waals surface area contributed by atoms with Gasteiger partial charge in [-0.1, -0.05) is 48.5 Å². The fourth-order valence-corrected chi connectivity index (χ4v) is 2.86. The predicted octanol–water partition coefficient (Wildman–Crippen LogP) is 2.55. The van der Waals surface area contributed by atoms with Crippen LogP contribution in [0, 0.1) is 0 Å². The molecule has 1 amide bonds. The van der Waals surface area contributed by atoms with Gasteiger partial charge in [-0.3, -0.25) is 4.79 Å². The summed E-state index contributed by atoms with van der Waals surface area (Å²) in [5.41, 5.74) is 2.30. The van der Waals surface area contributed by atoms with Gasteiger partial charge in [0.05, 0.1) is 6.54 Å². The maximum atomic E-state index is 12.6. The van der Waals surface area contributed by atoms with Gasteiger partial charge in [0.2, 0.25) is 5.91 Å². The van der Waals surface area contributed by atoms with E-state index >= 15 is 0 Å². The summed E-state index contributed by atoms with van der Waals surface area (Å²) in [4.78, 5) is 16.7. The lowest BCUT2D eigenvalue weighted by atomic mass is 10.2. The van der Waals surface area contributed by atoms with Crippen LogP contribution in [0.5, 0.6) is 0 Å². The van der Waals surface area contributed by atoms with Crippen LogP contribution >= 0.6 is 12.4 Å². The van der Waals surface area contributed by atoms with E-state index in [1.54, 1.807) is 0 Å². The number of amides is 1. The molecule has 0 saturated carbocycles. The first-order valence-corrected chi connectivity index (χ1v) is 8.15. The SMILES string of the molecule is Cl.O=C(CN(Cc1ccccc1)c1ccccc1)N1CCNCC1. The summed E-state index contributed by atoms with van der Waals surface area (Å²) in [6.45, 7) is 4.52. The van der Waals surface area contributed by atoms with Crippen molar-refractivity contribution in [3.05, 3.63) is 66.2 Å². The Labute approximate surface area is 149 Å². The van der Waals surface area contributed by atoms with Gasteiger partial charge in [-0.15, -0.1) is 12.4 Å². The lowest BCUT2D eigenvalue weighted by Crippen LogP contribution is -2.49. The third-order valence-corrected chi connectivity index (χ3v) is 4.13. The number of carbonyl (C=O) groups is 1. The molecule has 1 aliphatic rings. The van der Waals surface area contributed by atoms with Crippen LogP contribution in [0.25, 0.3) is 0 Å². The van der Waals surface area contributed by atoms with Crippen LogP contribution in [0.1, 0.15) is 5.56 Å². The third-order valence-electron chi connectivity index (χ3n) is 4.13. The van der Waals surface area contributed by atoms with Gasteiger partial charge in [0, 0.05) is 38.4 Å². The molecule has 1 aliphatic heterocycles. The lowest BCUT2D eigenvalue weighted by Gasteiger charge is -2.31. The number of carbonyl (C=O) groups excluding carboxylic acids is 1. The number of halogens is 1. The summed E-state index contributed by atoms with van der Waals surface area (Å²) in [7, 11) is 0. The molecule has 0 bridgehead atoms. The highest BCUT2D eigenvalue weighted by Gasteiger charge is 2.19. The second kappa shape index (κ2) is 9.30. The average Bonchev–Trinajstić information content (AvgIpc) is 2.63. The minimum Gasteiger partial charge on any atom is -0.358 e. The zero-order valence-electron chi connectivity index (χ0n) is 13.7. The summed E-state index contributed by atoms with van der Waals surface area (Å²) in [6.07, 6.45) is 0. The third kappa shape index (κ3) is 4.98. The van der Waals surface area contributed by atoms with Crippen molar-refractivity contribution in [1.29, 1.82) is 0 Å². The van der Waals surface area contributed by atoms with Crippen molar-refractivity contribution in [3.8, 4) is 0 Å². The highest BCUT2D eigenvalue weighted by molar-refractivity contribution is 5.85. The highest BCUT2D eigenvalue weighted by Crippen LogP contribution is 2.17. The van der Waals surface area contributed by atoms with E-state index in [4.69, 9.17) is 0 Å². The van der Waals surface area contributed by atoms with Gasteiger partial charge < -0.3 is 15.1 Å². The van der Waals surface area contributed by atoms with E-state index in [-0.39, 0.29) is 18.3 Å². The summed E-state index contributed by atoms with van der Waals surface area (Å²) in [5.74, 6) is 0.200. The number of piperazine rings is 1. The van der Waals surface area contributed by atoms with Gasteiger partial charge in [-0.2, -0.15) is 0 Å². The van der Waals surface area contributed by atoms with Crippen LogP contribution in [-0.4, -0.2) is 43.5 Å². The molecule has 2 aromatic rings. The number of nitrogens with one attached hydrogen (secondary N) is 1. The Hall–Kier alpha value is -2.04. The molecule has 0 spiro atoms. The molecule has 0 aliphatic carbocycles. The molecular formula is C19H24ClN3O. The Bertz CT molecular complexity index is 615. The van der Waals surface area contributed by atoms with Gasteiger partial charge in [0.25, 0.3) is 0 Å². The smallest absolute Gasteiger partial charge is 0.242 e. The molecular weight excluding hydrogens is 322 g/mol. The summed E-state index contributed by atoms with van der Waals surface area (Å²) in [6, 6.07) is 20.5. The van der Waals surface area contributed by atoms with Crippen LogP contribution in [0.3, 0.4) is 0 Å². The van der Waals surface area contributed by atoms with Crippen LogP contribution in [0.2, 0.25) is 0 Å². The van der Waals surface area contributed by atoms with Gasteiger partial charge in [-0.25, -0.2) is 0 Å². The molecule has 5 heteroatoms. The monoisotopic (exact) mass is 345 g/mol. The quantitative estimate of drug-likeness (QED) is 0.904. The maximum Gasteiger partial charge on any atom is 0.242 e. The molecule has 1 fully saturated rings. The normalized spacial score (nSPS) is 13.9. The van der Waals surface area contributed by atoms with E-state index in [0.717, 1.165) is 38.4 Å². The number of benzene rings is 2. The zero-order valence-corrected chi connectivity index (χ0v) is 14.5. The molecule has 1 saturated heterocycles. The molecule has 1 heterocycles. The average molecular weight is 346 g/mol. The molecule has 3 rings (SSSR count). The van der Waals surface area contributed by atoms with Crippen molar-refractivity contribution in [2.45, 2.75) is 6.54 Å². The topological polar surface area (TPSA) is 35.6 Å². The van der Waals surface area contributed by atoms with E-state index in [1.807, 2.05) is 41.3 Å². The van der Waals surface area contributed by atoms with Crippen molar-refractivity contribution in [2.75, 3.05) is 37.6 Å². The van der Waals surface area contributed by atoms with Gasteiger partial charge in [0.15, 0.2) is 0 Å². The van der Waals surface area contributed by atoms with E-state index in [1.165, 1.54) is 5.56 Å². The minimum atomic E-state index is 0. The van der Waals surface area contributed by atoms with Crippen LogP contribution < -0.4 is 10.2 Å². The summed E-state index contributed by atoms with van der Waals surface area (Å²) < 4.78 is 0. The highest BCUT2D eigenvalue weighted by atomic mass is 35.5. The van der Waals surface area contributed by atoms with Crippen molar-refractivity contribution in [2.24, 2.45) is 0 Å². The first kappa shape index (κ1) is 18.3. The fourth-order valence-electron chi connectivity index (χ4n) is 2.86. The molecule has 4 nitrogen and oxygen atoms in total. The number of hydrogen-bond acceptors (Lipinski definition) is 3.